The van der Waals surface area contributed by atoms with Gasteiger partial charge in [0.05, 0.1) is 6.61 Å². The van der Waals surface area contributed by atoms with E-state index in [0.29, 0.717) is 6.07 Å². The molecule has 2 aromatic rings. The largest absolute Gasteiger partial charge is 0.393 e. The summed E-state index contributed by atoms with van der Waals surface area (Å²) in [4.78, 5) is 3.79. The number of nitrogens with zero attached hydrogens (tertiary/aromatic N) is 2. The topological polar surface area (TPSA) is 82.0 Å². The second-order valence-electron chi connectivity index (χ2n) is 3.92. The van der Waals surface area contributed by atoms with Gasteiger partial charge in [0.1, 0.15) is 29.4 Å². The van der Waals surface area contributed by atoms with E-state index in [0.717, 1.165) is 12.1 Å². The Bertz CT molecular complexity index is 533. The van der Waals surface area contributed by atoms with Crippen LogP contribution >= 0.6 is 0 Å². The van der Waals surface area contributed by atoms with Gasteiger partial charge < -0.3 is 10.2 Å². The molecule has 0 aliphatic heterocycles. The van der Waals surface area contributed by atoms with Gasteiger partial charge in [-0.05, 0) is 6.07 Å². The number of aromatic amines is 1. The van der Waals surface area contributed by atoms with E-state index in [1.165, 1.54) is 6.33 Å². The van der Waals surface area contributed by atoms with Crippen LogP contribution < -0.4 is 0 Å². The average molecular weight is 255 g/mol. The Kier molecular flexibility index (Phi) is 3.35. The van der Waals surface area contributed by atoms with Crippen LogP contribution in [0, 0.1) is 11.6 Å². The third-order valence-electron chi connectivity index (χ3n) is 2.62. The molecule has 3 N–H and O–H groups in total. The molecule has 0 amide bonds. The lowest BCUT2D eigenvalue weighted by molar-refractivity contribution is -0.0230. The van der Waals surface area contributed by atoms with E-state index in [9.17, 15) is 19.0 Å². The van der Waals surface area contributed by atoms with Gasteiger partial charge in [-0.1, -0.05) is 6.07 Å². The molecule has 0 aliphatic carbocycles. The standard InChI is InChI=1S/C11H11F2N3O2/c12-7-1-2-8(9(13)3-7)11(18,5-17)4-10-14-6-15-16-10/h1-3,6,17-18H,4-5H2,(H,14,15,16)/t11-/m0/s1. The highest BCUT2D eigenvalue weighted by atomic mass is 19.1. The molecular formula is C11H11F2N3O2. The van der Waals surface area contributed by atoms with Crippen molar-refractivity contribution in [1.82, 2.24) is 15.2 Å². The highest BCUT2D eigenvalue weighted by Crippen LogP contribution is 2.27. The first kappa shape index (κ1) is 12.6. The maximum atomic E-state index is 13.6. The number of rotatable bonds is 4. The fourth-order valence-corrected chi connectivity index (χ4v) is 1.70. The minimum atomic E-state index is -1.88. The minimum Gasteiger partial charge on any atom is -0.393 e. The first-order chi connectivity index (χ1) is 8.55. The lowest BCUT2D eigenvalue weighted by Gasteiger charge is -2.25. The van der Waals surface area contributed by atoms with Crippen molar-refractivity contribution in [3.8, 4) is 0 Å². The molecule has 1 aromatic heterocycles. The summed E-state index contributed by atoms with van der Waals surface area (Å²) in [5, 5.41) is 25.6. The van der Waals surface area contributed by atoms with Gasteiger partial charge in [0.2, 0.25) is 0 Å². The first-order valence-corrected chi connectivity index (χ1v) is 5.18. The average Bonchev–Trinajstić information content (AvgIpc) is 2.81. The number of aliphatic hydroxyl groups excluding tert-OH is 1. The SMILES string of the molecule is OC[C@@](O)(Cc1ncn[nH]1)c1ccc(F)cc1F. The molecule has 18 heavy (non-hydrogen) atoms. The molecule has 2 rings (SSSR count). The monoisotopic (exact) mass is 255 g/mol. The van der Waals surface area contributed by atoms with Crippen molar-refractivity contribution in [2.75, 3.05) is 6.61 Å². The summed E-state index contributed by atoms with van der Waals surface area (Å²) in [6.07, 6.45) is 1.07. The van der Waals surface area contributed by atoms with Gasteiger partial charge in [-0.15, -0.1) is 0 Å². The Morgan fingerprint density at radius 1 is 1.33 bits per heavy atom. The maximum absolute atomic E-state index is 13.6. The molecule has 5 nitrogen and oxygen atoms in total. The third-order valence-corrected chi connectivity index (χ3v) is 2.62. The van der Waals surface area contributed by atoms with E-state index in [4.69, 9.17) is 0 Å². The van der Waals surface area contributed by atoms with Crippen molar-refractivity contribution >= 4 is 0 Å². The van der Waals surface area contributed by atoms with Crippen LogP contribution in [0.2, 0.25) is 0 Å². The van der Waals surface area contributed by atoms with Crippen molar-refractivity contribution in [3.63, 3.8) is 0 Å². The molecular weight excluding hydrogens is 244 g/mol. The zero-order chi connectivity index (χ0) is 13.2. The van der Waals surface area contributed by atoms with Crippen LogP contribution in [0.15, 0.2) is 24.5 Å². The van der Waals surface area contributed by atoms with E-state index in [-0.39, 0.29) is 17.8 Å². The lowest BCUT2D eigenvalue weighted by atomic mass is 9.90. The summed E-state index contributed by atoms with van der Waals surface area (Å²) in [5.41, 5.74) is -2.07. The van der Waals surface area contributed by atoms with E-state index in [1.807, 2.05) is 0 Å². The summed E-state index contributed by atoms with van der Waals surface area (Å²) < 4.78 is 26.4. The normalized spacial score (nSPS) is 14.4. The van der Waals surface area contributed by atoms with Gasteiger partial charge in [0.25, 0.3) is 0 Å². The third kappa shape index (κ3) is 2.36. The highest BCUT2D eigenvalue weighted by molar-refractivity contribution is 5.26. The van der Waals surface area contributed by atoms with Gasteiger partial charge in [-0.2, -0.15) is 5.10 Å². The smallest absolute Gasteiger partial charge is 0.137 e. The molecule has 0 aliphatic rings. The number of H-pyrrole nitrogens is 1. The number of hydrogen-bond donors (Lipinski definition) is 3. The Balaban J connectivity index is 2.36. The van der Waals surface area contributed by atoms with E-state index >= 15 is 0 Å². The molecule has 0 saturated carbocycles. The second-order valence-corrected chi connectivity index (χ2v) is 3.92. The van der Waals surface area contributed by atoms with Crippen molar-refractivity contribution in [2.24, 2.45) is 0 Å². The van der Waals surface area contributed by atoms with Gasteiger partial charge >= 0.3 is 0 Å². The minimum absolute atomic E-state index is 0.161. The number of nitrogens with one attached hydrogen (secondary N) is 1. The number of benzene rings is 1. The lowest BCUT2D eigenvalue weighted by Crippen LogP contribution is -2.34. The maximum Gasteiger partial charge on any atom is 0.137 e. The van der Waals surface area contributed by atoms with Gasteiger partial charge in [-0.3, -0.25) is 5.10 Å². The van der Waals surface area contributed by atoms with Crippen molar-refractivity contribution < 1.29 is 19.0 Å². The molecule has 7 heteroatoms. The second kappa shape index (κ2) is 4.79. The number of aromatic nitrogens is 3. The molecule has 0 radical (unpaired) electrons. The van der Waals surface area contributed by atoms with E-state index in [1.54, 1.807) is 0 Å². The van der Waals surface area contributed by atoms with Crippen molar-refractivity contribution in [1.29, 1.82) is 0 Å². The number of halogens is 2. The summed E-state index contributed by atoms with van der Waals surface area (Å²) >= 11 is 0. The van der Waals surface area contributed by atoms with Crippen LogP contribution in [0.3, 0.4) is 0 Å². The zero-order valence-corrected chi connectivity index (χ0v) is 9.27. The van der Waals surface area contributed by atoms with E-state index in [2.05, 4.69) is 15.2 Å². The fourth-order valence-electron chi connectivity index (χ4n) is 1.70. The van der Waals surface area contributed by atoms with Crippen LogP contribution in [0.5, 0.6) is 0 Å². The van der Waals surface area contributed by atoms with Gasteiger partial charge in [-0.25, -0.2) is 13.8 Å². The predicted octanol–water partition coefficient (Wildman–Crippen LogP) is 0.505. The Labute approximate surface area is 101 Å². The molecule has 0 bridgehead atoms. The zero-order valence-electron chi connectivity index (χ0n) is 9.27. The fraction of sp³-hybridized carbons (Fsp3) is 0.273. The van der Waals surface area contributed by atoms with Crippen molar-refractivity contribution in [2.45, 2.75) is 12.0 Å². The first-order valence-electron chi connectivity index (χ1n) is 5.18. The summed E-state index contributed by atoms with van der Waals surface area (Å²) in [7, 11) is 0. The van der Waals surface area contributed by atoms with Crippen LogP contribution in [-0.2, 0) is 12.0 Å². The Morgan fingerprint density at radius 2 is 2.11 bits per heavy atom. The Hall–Kier alpha value is -1.86. The molecule has 1 atom stereocenters. The van der Waals surface area contributed by atoms with Crippen LogP contribution in [0.1, 0.15) is 11.4 Å². The molecule has 0 unspecified atom stereocenters. The van der Waals surface area contributed by atoms with E-state index < -0.39 is 23.8 Å². The van der Waals surface area contributed by atoms with Crippen LogP contribution in [0.25, 0.3) is 0 Å². The molecule has 1 heterocycles. The molecule has 0 spiro atoms. The molecule has 0 saturated heterocycles. The van der Waals surface area contributed by atoms with Crippen molar-refractivity contribution in [3.05, 3.63) is 47.5 Å². The Morgan fingerprint density at radius 3 is 2.67 bits per heavy atom. The predicted molar refractivity (Wildman–Crippen MR) is 57.4 cm³/mol. The molecule has 96 valence electrons. The van der Waals surface area contributed by atoms with Gasteiger partial charge in [0.15, 0.2) is 0 Å². The highest BCUT2D eigenvalue weighted by Gasteiger charge is 2.33. The van der Waals surface area contributed by atoms with Crippen LogP contribution in [0.4, 0.5) is 8.78 Å². The number of aliphatic hydroxyl groups is 2. The van der Waals surface area contributed by atoms with Gasteiger partial charge in [0, 0.05) is 18.1 Å². The summed E-state index contributed by atoms with van der Waals surface area (Å²) in [5.74, 6) is -1.39. The number of hydrogen-bond acceptors (Lipinski definition) is 4. The summed E-state index contributed by atoms with van der Waals surface area (Å²) in [6, 6.07) is 2.76. The van der Waals surface area contributed by atoms with Crippen LogP contribution in [-0.4, -0.2) is 32.0 Å². The molecule has 0 fully saturated rings. The quantitative estimate of drug-likeness (QED) is 0.743. The summed E-state index contributed by atoms with van der Waals surface area (Å²) in [6.45, 7) is -0.726. The molecule has 1 aromatic carbocycles.